The van der Waals surface area contributed by atoms with Gasteiger partial charge in [0.05, 0.1) is 11.1 Å². The minimum absolute atomic E-state index is 0.252. The first-order valence-corrected chi connectivity index (χ1v) is 8.56. The van der Waals surface area contributed by atoms with Crippen LogP contribution in [0.25, 0.3) is 0 Å². The van der Waals surface area contributed by atoms with Crippen LogP contribution in [0.2, 0.25) is 0 Å². The van der Waals surface area contributed by atoms with Crippen LogP contribution in [0.1, 0.15) is 46.4 Å². The average molecular weight is 384 g/mol. The molecule has 2 aromatic rings. The highest BCUT2D eigenvalue weighted by atomic mass is 16.8. The largest absolute Gasteiger partial charge is 0.512 e. The Kier molecular flexibility index (Phi) is 4.34. The Morgan fingerprint density at radius 2 is 1.07 bits per heavy atom. The molecule has 0 aromatic carbocycles. The topological polar surface area (TPSA) is 145 Å². The van der Waals surface area contributed by atoms with Gasteiger partial charge in [-0.1, -0.05) is 0 Å². The van der Waals surface area contributed by atoms with Crippen molar-refractivity contribution in [3.63, 3.8) is 0 Å². The molecule has 0 saturated heterocycles. The fraction of sp³-hybridized carbons (Fsp3) is 0.353. The van der Waals surface area contributed by atoms with Crippen molar-refractivity contribution >= 4 is 18.0 Å². The van der Waals surface area contributed by atoms with Crippen LogP contribution in [-0.4, -0.2) is 49.4 Å². The van der Waals surface area contributed by atoms with E-state index in [-0.39, 0.29) is 11.1 Å². The minimum Gasteiger partial charge on any atom is -0.408 e. The zero-order valence-corrected chi connectivity index (χ0v) is 14.6. The maximum atomic E-state index is 12.2. The van der Waals surface area contributed by atoms with Gasteiger partial charge in [0.15, 0.2) is 11.4 Å². The van der Waals surface area contributed by atoms with Gasteiger partial charge in [-0.3, -0.25) is 9.59 Å². The second-order valence-corrected chi connectivity index (χ2v) is 6.61. The molecule has 0 bridgehead atoms. The molecule has 2 fully saturated rings. The van der Waals surface area contributed by atoms with E-state index in [1.807, 2.05) is 0 Å². The van der Waals surface area contributed by atoms with Crippen molar-refractivity contribution in [3.05, 3.63) is 48.6 Å². The summed E-state index contributed by atoms with van der Waals surface area (Å²) in [5, 5.41) is 5.28. The van der Waals surface area contributed by atoms with Gasteiger partial charge in [0, 0.05) is 50.5 Å². The lowest BCUT2D eigenvalue weighted by Gasteiger charge is -2.22. The summed E-state index contributed by atoms with van der Waals surface area (Å²) in [5.41, 5.74) is -1.72. The fourth-order valence-corrected chi connectivity index (χ4v) is 2.46. The van der Waals surface area contributed by atoms with E-state index in [1.54, 1.807) is 0 Å². The van der Waals surface area contributed by atoms with E-state index in [9.17, 15) is 14.4 Å². The summed E-state index contributed by atoms with van der Waals surface area (Å²) < 4.78 is 10.6. The first-order valence-electron chi connectivity index (χ1n) is 8.56. The molecule has 2 aromatic heterocycles. The number of aromatic nitrogens is 4. The van der Waals surface area contributed by atoms with Gasteiger partial charge in [-0.2, -0.15) is 0 Å². The standard InChI is InChI=1S/C17H16N6O5/c24-13(11-5-18-9-19-6-11)22-16(1-2-16)27-15(26)28-17(3-4-17)23-14(25)12-7-20-10-21-8-12/h5-10H,1-4H2,(H,22,24)(H,23,25). The van der Waals surface area contributed by atoms with E-state index in [4.69, 9.17) is 9.47 Å². The monoisotopic (exact) mass is 384 g/mol. The summed E-state index contributed by atoms with van der Waals surface area (Å²) in [6.07, 6.45) is 8.93. The Hall–Kier alpha value is -3.63. The van der Waals surface area contributed by atoms with Gasteiger partial charge < -0.3 is 20.1 Å². The second kappa shape index (κ2) is 6.83. The molecule has 144 valence electrons. The van der Waals surface area contributed by atoms with Gasteiger partial charge in [0.25, 0.3) is 11.8 Å². The third kappa shape index (κ3) is 4.03. The number of carbonyl (C=O) groups excluding carboxylic acids is 3. The number of carbonyl (C=O) groups is 3. The predicted molar refractivity (Wildman–Crippen MR) is 90.5 cm³/mol. The summed E-state index contributed by atoms with van der Waals surface area (Å²) in [5.74, 6) is -0.908. The van der Waals surface area contributed by atoms with Gasteiger partial charge >= 0.3 is 6.16 Å². The van der Waals surface area contributed by atoms with Crippen LogP contribution in [0.15, 0.2) is 37.4 Å². The number of rotatable bonds is 6. The Morgan fingerprint density at radius 1 is 0.714 bits per heavy atom. The van der Waals surface area contributed by atoms with Gasteiger partial charge in [-0.05, 0) is 0 Å². The van der Waals surface area contributed by atoms with Crippen LogP contribution in [0, 0.1) is 0 Å². The summed E-state index contributed by atoms with van der Waals surface area (Å²) in [7, 11) is 0. The minimum atomic E-state index is -1.11. The molecular weight excluding hydrogens is 368 g/mol. The number of nitrogens with zero attached hydrogens (tertiary/aromatic N) is 4. The first kappa shape index (κ1) is 17.8. The molecule has 0 atom stereocenters. The third-order valence-electron chi connectivity index (χ3n) is 4.29. The quantitative estimate of drug-likeness (QED) is 0.539. The molecule has 2 aliphatic rings. The van der Waals surface area contributed by atoms with Gasteiger partial charge in [-0.15, -0.1) is 0 Å². The Bertz CT molecular complexity index is 825. The number of hydrogen-bond acceptors (Lipinski definition) is 9. The molecule has 28 heavy (non-hydrogen) atoms. The molecule has 0 radical (unpaired) electrons. The molecule has 0 aliphatic heterocycles. The average Bonchev–Trinajstić information content (AvgIpc) is 3.62. The van der Waals surface area contributed by atoms with Crippen molar-refractivity contribution in [1.29, 1.82) is 0 Å². The molecule has 2 heterocycles. The molecule has 0 spiro atoms. The normalized spacial score (nSPS) is 17.7. The van der Waals surface area contributed by atoms with Crippen LogP contribution in [0.5, 0.6) is 0 Å². The first-order chi connectivity index (χ1) is 13.5. The molecule has 2 N–H and O–H groups in total. The summed E-state index contributed by atoms with van der Waals surface area (Å²) in [6.45, 7) is 0. The highest BCUT2D eigenvalue weighted by Gasteiger charge is 2.53. The summed E-state index contributed by atoms with van der Waals surface area (Å²) >= 11 is 0. The maximum absolute atomic E-state index is 12.2. The maximum Gasteiger partial charge on any atom is 0.512 e. The predicted octanol–water partition coefficient (Wildman–Crippen LogP) is 0.560. The van der Waals surface area contributed by atoms with Crippen molar-refractivity contribution in [2.45, 2.75) is 37.1 Å². The zero-order valence-electron chi connectivity index (χ0n) is 14.6. The molecular formula is C17H16N6O5. The Labute approximate surface area is 158 Å². The Balaban J connectivity index is 1.32. The van der Waals surface area contributed by atoms with Gasteiger partial charge in [-0.25, -0.2) is 24.7 Å². The number of hydrogen-bond donors (Lipinski definition) is 2. The highest BCUT2D eigenvalue weighted by Crippen LogP contribution is 2.41. The number of amides is 2. The molecule has 11 heteroatoms. The van der Waals surface area contributed by atoms with Crippen LogP contribution in [0.4, 0.5) is 4.79 Å². The lowest BCUT2D eigenvalue weighted by atomic mass is 10.3. The smallest absolute Gasteiger partial charge is 0.408 e. The summed E-state index contributed by atoms with van der Waals surface area (Å²) in [4.78, 5) is 51.7. The van der Waals surface area contributed by atoms with Crippen molar-refractivity contribution in [1.82, 2.24) is 30.6 Å². The fourth-order valence-electron chi connectivity index (χ4n) is 2.46. The van der Waals surface area contributed by atoms with Gasteiger partial charge in [0.2, 0.25) is 0 Å². The van der Waals surface area contributed by atoms with E-state index >= 15 is 0 Å². The van der Waals surface area contributed by atoms with Crippen molar-refractivity contribution in [2.24, 2.45) is 0 Å². The van der Waals surface area contributed by atoms with E-state index in [0.717, 1.165) is 0 Å². The van der Waals surface area contributed by atoms with E-state index in [2.05, 4.69) is 30.6 Å². The number of ether oxygens (including phenoxy) is 2. The lowest BCUT2D eigenvalue weighted by Crippen LogP contribution is -2.44. The summed E-state index contributed by atoms with van der Waals surface area (Å²) in [6, 6.07) is 0. The van der Waals surface area contributed by atoms with E-state index in [1.165, 1.54) is 37.4 Å². The Morgan fingerprint density at radius 3 is 1.39 bits per heavy atom. The molecule has 4 rings (SSSR count). The van der Waals surface area contributed by atoms with Crippen molar-refractivity contribution in [2.75, 3.05) is 0 Å². The second-order valence-electron chi connectivity index (χ2n) is 6.61. The zero-order chi connectivity index (χ0) is 19.6. The molecule has 2 aliphatic carbocycles. The SMILES string of the molecule is O=C(OC1(NC(=O)c2cncnc2)CC1)OC1(NC(=O)c2cncnc2)CC1. The van der Waals surface area contributed by atoms with Crippen LogP contribution < -0.4 is 10.6 Å². The van der Waals surface area contributed by atoms with E-state index in [0.29, 0.717) is 25.7 Å². The van der Waals surface area contributed by atoms with E-state index < -0.39 is 29.4 Å². The molecule has 2 amide bonds. The van der Waals surface area contributed by atoms with Crippen LogP contribution in [-0.2, 0) is 9.47 Å². The molecule has 11 nitrogen and oxygen atoms in total. The highest BCUT2D eigenvalue weighted by molar-refractivity contribution is 5.95. The van der Waals surface area contributed by atoms with Crippen molar-refractivity contribution < 1.29 is 23.9 Å². The lowest BCUT2D eigenvalue weighted by molar-refractivity contribution is -0.0325. The van der Waals surface area contributed by atoms with Crippen LogP contribution >= 0.6 is 0 Å². The number of nitrogens with one attached hydrogen (secondary N) is 2. The molecule has 0 unspecified atom stereocenters. The third-order valence-corrected chi connectivity index (χ3v) is 4.29. The van der Waals surface area contributed by atoms with Gasteiger partial charge in [0.1, 0.15) is 12.7 Å². The van der Waals surface area contributed by atoms with Crippen LogP contribution in [0.3, 0.4) is 0 Å². The molecule has 2 saturated carbocycles. The van der Waals surface area contributed by atoms with Crippen molar-refractivity contribution in [3.8, 4) is 0 Å².